The molecule has 0 spiro atoms. The minimum Gasteiger partial charge on any atom is -0.497 e. The van der Waals surface area contributed by atoms with E-state index in [-0.39, 0.29) is 17.9 Å². The molecule has 0 bridgehead atoms. The topological polar surface area (TPSA) is 72.9 Å². The molecule has 0 aliphatic rings. The molecule has 0 aliphatic carbocycles. The monoisotopic (exact) mass is 411 g/mol. The van der Waals surface area contributed by atoms with Gasteiger partial charge in [-0.05, 0) is 55.3 Å². The standard InChI is InChI=1S/C19H22ClNO5S/c1-14-6-11-17(20)18(13-14)26-19(22)5-4-12-21(2)27(23,24)16-9-7-15(25-3)8-10-16/h6-11,13H,4-5,12H2,1-3H3. The van der Waals surface area contributed by atoms with Crippen LogP contribution in [-0.4, -0.2) is 39.4 Å². The van der Waals surface area contributed by atoms with E-state index in [4.69, 9.17) is 21.1 Å². The lowest BCUT2D eigenvalue weighted by atomic mass is 10.2. The van der Waals surface area contributed by atoms with Crippen molar-refractivity contribution < 1.29 is 22.7 Å². The molecule has 0 saturated carbocycles. The number of carbonyl (C=O) groups is 1. The quantitative estimate of drug-likeness (QED) is 0.489. The summed E-state index contributed by atoms with van der Waals surface area (Å²) in [5, 5.41) is 0.355. The molecule has 0 radical (unpaired) electrons. The second kappa shape index (κ2) is 9.21. The number of hydrogen-bond donors (Lipinski definition) is 0. The molecule has 2 aromatic rings. The molecule has 146 valence electrons. The van der Waals surface area contributed by atoms with Gasteiger partial charge in [0.25, 0.3) is 0 Å². The van der Waals surface area contributed by atoms with E-state index >= 15 is 0 Å². The Morgan fingerprint density at radius 1 is 1.15 bits per heavy atom. The summed E-state index contributed by atoms with van der Waals surface area (Å²) in [5.41, 5.74) is 0.924. The summed E-state index contributed by atoms with van der Waals surface area (Å²) in [4.78, 5) is 12.2. The van der Waals surface area contributed by atoms with Crippen molar-refractivity contribution in [2.24, 2.45) is 0 Å². The molecule has 0 amide bonds. The molecule has 0 fully saturated rings. The third kappa shape index (κ3) is 5.69. The molecule has 27 heavy (non-hydrogen) atoms. The number of aryl methyl sites for hydroxylation is 1. The van der Waals surface area contributed by atoms with Gasteiger partial charge in [-0.2, -0.15) is 0 Å². The van der Waals surface area contributed by atoms with E-state index in [9.17, 15) is 13.2 Å². The van der Waals surface area contributed by atoms with Crippen LogP contribution in [0.25, 0.3) is 0 Å². The Labute approximate surface area is 164 Å². The maximum atomic E-state index is 12.5. The van der Waals surface area contributed by atoms with Crippen molar-refractivity contribution in [1.29, 1.82) is 0 Å². The van der Waals surface area contributed by atoms with Gasteiger partial charge in [0.15, 0.2) is 0 Å². The summed E-state index contributed by atoms with van der Waals surface area (Å²) < 4.78 is 36.6. The number of nitrogens with zero attached hydrogens (tertiary/aromatic N) is 1. The van der Waals surface area contributed by atoms with Gasteiger partial charge in [-0.15, -0.1) is 0 Å². The van der Waals surface area contributed by atoms with Crippen molar-refractivity contribution in [2.45, 2.75) is 24.7 Å². The van der Waals surface area contributed by atoms with E-state index in [2.05, 4.69) is 0 Å². The zero-order valence-electron chi connectivity index (χ0n) is 15.4. The Morgan fingerprint density at radius 3 is 2.44 bits per heavy atom. The first kappa shape index (κ1) is 21.2. The van der Waals surface area contributed by atoms with Gasteiger partial charge in [0, 0.05) is 20.0 Å². The van der Waals surface area contributed by atoms with Crippen LogP contribution in [0.1, 0.15) is 18.4 Å². The molecule has 0 saturated heterocycles. The second-order valence-corrected chi connectivity index (χ2v) is 8.47. The van der Waals surface area contributed by atoms with Gasteiger partial charge in [0.2, 0.25) is 10.0 Å². The third-order valence-corrected chi connectivity index (χ3v) is 6.12. The Morgan fingerprint density at radius 2 is 1.81 bits per heavy atom. The molecular weight excluding hydrogens is 390 g/mol. The lowest BCUT2D eigenvalue weighted by Gasteiger charge is -2.17. The molecule has 0 heterocycles. The molecule has 2 aromatic carbocycles. The number of ether oxygens (including phenoxy) is 2. The van der Waals surface area contributed by atoms with Gasteiger partial charge in [-0.3, -0.25) is 4.79 Å². The van der Waals surface area contributed by atoms with Crippen LogP contribution in [0.5, 0.6) is 11.5 Å². The Balaban J connectivity index is 1.89. The fourth-order valence-corrected chi connectivity index (χ4v) is 3.72. The summed E-state index contributed by atoms with van der Waals surface area (Å²) in [5.74, 6) is 0.424. The van der Waals surface area contributed by atoms with Gasteiger partial charge in [-0.1, -0.05) is 17.7 Å². The van der Waals surface area contributed by atoms with E-state index in [1.807, 2.05) is 13.0 Å². The zero-order chi connectivity index (χ0) is 20.0. The van der Waals surface area contributed by atoms with E-state index in [1.165, 1.54) is 30.6 Å². The highest BCUT2D eigenvalue weighted by Gasteiger charge is 2.21. The third-order valence-electron chi connectivity index (χ3n) is 3.93. The predicted molar refractivity (Wildman–Crippen MR) is 104 cm³/mol. The van der Waals surface area contributed by atoms with Crippen molar-refractivity contribution in [2.75, 3.05) is 20.7 Å². The zero-order valence-corrected chi connectivity index (χ0v) is 17.0. The largest absolute Gasteiger partial charge is 0.497 e. The van der Waals surface area contributed by atoms with Crippen LogP contribution in [0.4, 0.5) is 0 Å². The van der Waals surface area contributed by atoms with Crippen LogP contribution in [0.2, 0.25) is 5.02 Å². The Hall–Kier alpha value is -2.09. The molecule has 0 aromatic heterocycles. The highest BCUT2D eigenvalue weighted by molar-refractivity contribution is 7.89. The van der Waals surface area contributed by atoms with E-state index in [0.717, 1.165) is 5.56 Å². The number of sulfonamides is 1. The maximum absolute atomic E-state index is 12.5. The van der Waals surface area contributed by atoms with Crippen LogP contribution in [-0.2, 0) is 14.8 Å². The highest BCUT2D eigenvalue weighted by atomic mass is 35.5. The molecule has 0 atom stereocenters. The summed E-state index contributed by atoms with van der Waals surface area (Å²) in [7, 11) is -0.641. The van der Waals surface area contributed by atoms with Gasteiger partial charge in [-0.25, -0.2) is 12.7 Å². The molecule has 0 N–H and O–H groups in total. The first-order valence-corrected chi connectivity index (χ1v) is 10.1. The number of esters is 1. The van der Waals surface area contributed by atoms with Crippen molar-refractivity contribution >= 4 is 27.6 Å². The van der Waals surface area contributed by atoms with Crippen molar-refractivity contribution in [3.8, 4) is 11.5 Å². The SMILES string of the molecule is COc1ccc(S(=O)(=O)N(C)CCCC(=O)Oc2cc(C)ccc2Cl)cc1. The van der Waals surface area contributed by atoms with Crippen molar-refractivity contribution in [1.82, 2.24) is 4.31 Å². The number of rotatable bonds is 8. The summed E-state index contributed by atoms with van der Waals surface area (Å²) in [6, 6.07) is 11.3. The molecular formula is C19H22ClNO5S. The molecule has 2 rings (SSSR count). The summed E-state index contributed by atoms with van der Waals surface area (Å²) in [6.07, 6.45) is 0.404. The van der Waals surface area contributed by atoms with Crippen LogP contribution in [0, 0.1) is 6.92 Å². The smallest absolute Gasteiger partial charge is 0.311 e. The van der Waals surface area contributed by atoms with Crippen molar-refractivity contribution in [3.63, 3.8) is 0 Å². The number of methoxy groups -OCH3 is 1. The Kier molecular flexibility index (Phi) is 7.24. The predicted octanol–water partition coefficient (Wildman–Crippen LogP) is 3.66. The number of hydrogen-bond acceptors (Lipinski definition) is 5. The van der Waals surface area contributed by atoms with Gasteiger partial charge in [0.1, 0.15) is 11.5 Å². The second-order valence-electron chi connectivity index (χ2n) is 6.01. The lowest BCUT2D eigenvalue weighted by molar-refractivity contribution is -0.134. The molecule has 0 aliphatic heterocycles. The average Bonchev–Trinajstić information content (AvgIpc) is 2.64. The number of benzene rings is 2. The van der Waals surface area contributed by atoms with Crippen LogP contribution < -0.4 is 9.47 Å². The first-order chi connectivity index (χ1) is 12.7. The number of carbonyl (C=O) groups excluding carboxylic acids is 1. The van der Waals surface area contributed by atoms with E-state index in [0.29, 0.717) is 22.9 Å². The normalized spacial score (nSPS) is 11.4. The highest BCUT2D eigenvalue weighted by Crippen LogP contribution is 2.26. The molecule has 0 unspecified atom stereocenters. The molecule has 6 nitrogen and oxygen atoms in total. The van der Waals surface area contributed by atoms with Gasteiger partial charge in [0.05, 0.1) is 17.0 Å². The van der Waals surface area contributed by atoms with Crippen LogP contribution >= 0.6 is 11.6 Å². The minimum absolute atomic E-state index is 0.0761. The maximum Gasteiger partial charge on any atom is 0.311 e. The van der Waals surface area contributed by atoms with E-state index < -0.39 is 16.0 Å². The average molecular weight is 412 g/mol. The van der Waals surface area contributed by atoms with Crippen molar-refractivity contribution in [3.05, 3.63) is 53.1 Å². The first-order valence-electron chi connectivity index (χ1n) is 8.31. The fraction of sp³-hybridized carbons (Fsp3) is 0.316. The fourth-order valence-electron chi connectivity index (χ4n) is 2.36. The van der Waals surface area contributed by atoms with Crippen LogP contribution in [0.15, 0.2) is 47.4 Å². The lowest BCUT2D eigenvalue weighted by Crippen LogP contribution is -2.28. The van der Waals surface area contributed by atoms with E-state index in [1.54, 1.807) is 24.3 Å². The summed E-state index contributed by atoms with van der Waals surface area (Å²) in [6.45, 7) is 2.05. The van der Waals surface area contributed by atoms with Gasteiger partial charge >= 0.3 is 5.97 Å². The molecule has 8 heteroatoms. The van der Waals surface area contributed by atoms with Crippen LogP contribution in [0.3, 0.4) is 0 Å². The number of halogens is 1. The summed E-state index contributed by atoms with van der Waals surface area (Å²) >= 11 is 6.00. The minimum atomic E-state index is -3.63. The Bertz CT molecular complexity index is 897. The van der Waals surface area contributed by atoms with Gasteiger partial charge < -0.3 is 9.47 Å².